The second kappa shape index (κ2) is 6.05. The summed E-state index contributed by atoms with van der Waals surface area (Å²) in [5.41, 5.74) is 0.623. The van der Waals surface area contributed by atoms with Crippen LogP contribution < -0.4 is 5.69 Å². The number of imidazole rings is 1. The molecule has 0 aliphatic carbocycles. The van der Waals surface area contributed by atoms with Gasteiger partial charge in [0, 0.05) is 0 Å². The number of phenolic OH excluding ortho intramolecular Hbond substituents is 1. The Kier molecular flexibility index (Phi) is 3.80. The van der Waals surface area contributed by atoms with Crippen molar-refractivity contribution in [2.45, 2.75) is 6.18 Å². The van der Waals surface area contributed by atoms with Crippen LogP contribution in [0.4, 0.5) is 13.2 Å². The number of benzene rings is 3. The number of aromatic hydroxyl groups is 1. The van der Waals surface area contributed by atoms with Crippen LogP contribution >= 0.6 is 0 Å². The molecule has 27 heavy (non-hydrogen) atoms. The predicted molar refractivity (Wildman–Crippen MR) is 96.0 cm³/mol. The Labute approximate surface area is 151 Å². The van der Waals surface area contributed by atoms with E-state index >= 15 is 0 Å². The van der Waals surface area contributed by atoms with Crippen LogP contribution in [0.15, 0.2) is 71.5 Å². The summed E-state index contributed by atoms with van der Waals surface area (Å²) in [7, 11) is 0. The first kappa shape index (κ1) is 17.0. The highest BCUT2D eigenvalue weighted by atomic mass is 19.4. The lowest BCUT2D eigenvalue weighted by molar-refractivity contribution is -0.137. The van der Waals surface area contributed by atoms with Gasteiger partial charge < -0.3 is 10.1 Å². The summed E-state index contributed by atoms with van der Waals surface area (Å²) in [5, 5.41) is 10.3. The maximum absolute atomic E-state index is 12.9. The van der Waals surface area contributed by atoms with Crippen LogP contribution in [0.5, 0.6) is 5.75 Å². The molecule has 0 unspecified atom stereocenters. The van der Waals surface area contributed by atoms with Gasteiger partial charge in [-0.05, 0) is 41.5 Å². The van der Waals surface area contributed by atoms with Crippen molar-refractivity contribution in [2.24, 2.45) is 0 Å². The molecule has 0 saturated carbocycles. The molecule has 0 bridgehead atoms. The van der Waals surface area contributed by atoms with E-state index < -0.39 is 17.4 Å². The Hall–Kier alpha value is -3.48. The van der Waals surface area contributed by atoms with Gasteiger partial charge in [-0.1, -0.05) is 36.4 Å². The fourth-order valence-corrected chi connectivity index (χ4v) is 3.04. The predicted octanol–water partition coefficient (Wildman–Crippen LogP) is 4.71. The largest absolute Gasteiger partial charge is 0.506 e. The van der Waals surface area contributed by atoms with Crippen LogP contribution in [0.3, 0.4) is 0 Å². The summed E-state index contributed by atoms with van der Waals surface area (Å²) < 4.78 is 39.9. The van der Waals surface area contributed by atoms with Gasteiger partial charge >= 0.3 is 11.9 Å². The molecule has 0 amide bonds. The van der Waals surface area contributed by atoms with E-state index in [1.165, 1.54) is 12.1 Å². The number of H-pyrrole nitrogens is 1. The molecule has 0 saturated heterocycles. The van der Waals surface area contributed by atoms with E-state index in [2.05, 4.69) is 4.98 Å². The number of aromatic amines is 1. The Morgan fingerprint density at radius 1 is 0.889 bits per heavy atom. The highest BCUT2D eigenvalue weighted by Gasteiger charge is 2.31. The quantitative estimate of drug-likeness (QED) is 0.537. The zero-order valence-corrected chi connectivity index (χ0v) is 13.8. The molecule has 3 aromatic carbocycles. The summed E-state index contributed by atoms with van der Waals surface area (Å²) in [6.07, 6.45) is -4.51. The second-order valence-corrected chi connectivity index (χ2v) is 6.06. The van der Waals surface area contributed by atoms with Crippen molar-refractivity contribution in [3.05, 3.63) is 82.8 Å². The van der Waals surface area contributed by atoms with E-state index in [1.54, 1.807) is 12.1 Å². The Balaban J connectivity index is 1.92. The highest BCUT2D eigenvalue weighted by Crippen LogP contribution is 2.33. The number of hydrogen-bond donors (Lipinski definition) is 2. The average molecular weight is 370 g/mol. The minimum atomic E-state index is -4.51. The van der Waals surface area contributed by atoms with Gasteiger partial charge in [-0.15, -0.1) is 0 Å². The molecule has 4 rings (SSSR count). The fraction of sp³-hybridized carbons (Fsp3) is 0.0500. The third-order valence-corrected chi connectivity index (χ3v) is 4.33. The SMILES string of the molecule is O=c1[nH]c2cc(C(F)(F)F)ccc2n1-c1cc(-c2ccccc2)ccc1O. The van der Waals surface area contributed by atoms with E-state index in [0.717, 1.165) is 27.8 Å². The number of nitrogens with zero attached hydrogens (tertiary/aromatic N) is 1. The Morgan fingerprint density at radius 3 is 2.33 bits per heavy atom. The van der Waals surface area contributed by atoms with Crippen molar-refractivity contribution < 1.29 is 18.3 Å². The fourth-order valence-electron chi connectivity index (χ4n) is 3.04. The first-order chi connectivity index (χ1) is 12.8. The van der Waals surface area contributed by atoms with Crippen LogP contribution in [0, 0.1) is 0 Å². The zero-order chi connectivity index (χ0) is 19.2. The van der Waals surface area contributed by atoms with Crippen molar-refractivity contribution >= 4 is 11.0 Å². The Morgan fingerprint density at radius 2 is 1.63 bits per heavy atom. The molecule has 2 N–H and O–H groups in total. The van der Waals surface area contributed by atoms with Crippen molar-refractivity contribution in [1.82, 2.24) is 9.55 Å². The van der Waals surface area contributed by atoms with Gasteiger partial charge in [0.05, 0.1) is 22.3 Å². The molecule has 136 valence electrons. The normalized spacial score (nSPS) is 11.8. The number of rotatable bonds is 2. The molecule has 4 nitrogen and oxygen atoms in total. The maximum atomic E-state index is 12.9. The summed E-state index contributed by atoms with van der Waals surface area (Å²) in [4.78, 5) is 14.8. The molecular weight excluding hydrogens is 357 g/mol. The van der Waals surface area contributed by atoms with Crippen molar-refractivity contribution in [1.29, 1.82) is 0 Å². The smallest absolute Gasteiger partial charge is 0.416 e. The number of nitrogens with one attached hydrogen (secondary N) is 1. The van der Waals surface area contributed by atoms with Crippen LogP contribution in [0.1, 0.15) is 5.56 Å². The summed E-state index contributed by atoms with van der Waals surface area (Å²) >= 11 is 0. The topological polar surface area (TPSA) is 58.0 Å². The standard InChI is InChI=1S/C20H13F3N2O2/c21-20(22,23)14-7-8-16-15(11-14)24-19(27)25(16)17-10-13(6-9-18(17)26)12-4-2-1-3-5-12/h1-11,26H,(H,24,27). The van der Waals surface area contributed by atoms with Crippen LogP contribution in [-0.2, 0) is 6.18 Å². The van der Waals surface area contributed by atoms with Gasteiger partial charge in [0.1, 0.15) is 5.75 Å². The van der Waals surface area contributed by atoms with Crippen LogP contribution in [-0.4, -0.2) is 14.7 Å². The van der Waals surface area contributed by atoms with E-state index in [4.69, 9.17) is 0 Å². The molecule has 0 aliphatic rings. The van der Waals surface area contributed by atoms with Gasteiger partial charge in [0.15, 0.2) is 0 Å². The molecule has 4 aromatic rings. The first-order valence-electron chi connectivity index (χ1n) is 8.05. The molecule has 0 spiro atoms. The summed E-state index contributed by atoms with van der Waals surface area (Å²) in [6.45, 7) is 0. The maximum Gasteiger partial charge on any atom is 0.416 e. The van der Waals surface area contributed by atoms with Crippen molar-refractivity contribution in [2.75, 3.05) is 0 Å². The van der Waals surface area contributed by atoms with Gasteiger partial charge in [0.2, 0.25) is 0 Å². The molecular formula is C20H13F3N2O2. The van der Waals surface area contributed by atoms with Gasteiger partial charge in [-0.3, -0.25) is 4.57 Å². The minimum absolute atomic E-state index is 0.0411. The van der Waals surface area contributed by atoms with E-state index in [0.29, 0.717) is 0 Å². The van der Waals surface area contributed by atoms with Crippen LogP contribution in [0.2, 0.25) is 0 Å². The van der Waals surface area contributed by atoms with E-state index in [1.807, 2.05) is 30.3 Å². The number of aromatic nitrogens is 2. The van der Waals surface area contributed by atoms with Gasteiger partial charge in [0.25, 0.3) is 0 Å². The van der Waals surface area contributed by atoms with E-state index in [9.17, 15) is 23.1 Å². The molecule has 7 heteroatoms. The number of halogens is 3. The number of phenols is 1. The molecule has 1 heterocycles. The zero-order valence-electron chi connectivity index (χ0n) is 13.8. The summed E-state index contributed by atoms with van der Waals surface area (Å²) in [5.74, 6) is -0.155. The van der Waals surface area contributed by atoms with E-state index in [-0.39, 0.29) is 22.5 Å². The van der Waals surface area contributed by atoms with Gasteiger partial charge in [-0.25, -0.2) is 4.79 Å². The molecule has 0 aliphatic heterocycles. The lowest BCUT2D eigenvalue weighted by atomic mass is 10.0. The highest BCUT2D eigenvalue weighted by molar-refractivity contribution is 5.80. The third-order valence-electron chi connectivity index (χ3n) is 4.33. The number of alkyl halides is 3. The van der Waals surface area contributed by atoms with Crippen molar-refractivity contribution in [3.63, 3.8) is 0 Å². The molecule has 0 fully saturated rings. The van der Waals surface area contributed by atoms with Crippen molar-refractivity contribution in [3.8, 4) is 22.6 Å². The number of fused-ring (bicyclic) bond motifs is 1. The lowest BCUT2D eigenvalue weighted by Crippen LogP contribution is -2.14. The third kappa shape index (κ3) is 2.97. The monoisotopic (exact) mass is 370 g/mol. The van der Waals surface area contributed by atoms with Gasteiger partial charge in [-0.2, -0.15) is 13.2 Å². The van der Waals surface area contributed by atoms with Crippen LogP contribution in [0.25, 0.3) is 27.8 Å². The second-order valence-electron chi connectivity index (χ2n) is 6.06. The molecule has 1 aromatic heterocycles. The molecule has 0 radical (unpaired) electrons. The summed E-state index contributed by atoms with van der Waals surface area (Å²) in [6, 6.07) is 17.1. The first-order valence-corrected chi connectivity index (χ1v) is 8.05. The lowest BCUT2D eigenvalue weighted by Gasteiger charge is -2.10. The molecule has 0 atom stereocenters. The average Bonchev–Trinajstić information content (AvgIpc) is 2.97. The Bertz CT molecular complexity index is 1190. The minimum Gasteiger partial charge on any atom is -0.506 e. The number of hydrogen-bond acceptors (Lipinski definition) is 2.